The predicted molar refractivity (Wildman–Crippen MR) is 77.6 cm³/mol. The highest BCUT2D eigenvalue weighted by Gasteiger charge is 2.08. The second kappa shape index (κ2) is 9.31. The minimum Gasteiger partial charge on any atom is -0.493 e. The Kier molecular flexibility index (Phi) is 8.05. The fraction of sp³-hybridized carbons (Fsp3) is 0.571. The van der Waals surface area contributed by atoms with Gasteiger partial charge in [-0.3, -0.25) is 0 Å². The van der Waals surface area contributed by atoms with Crippen molar-refractivity contribution in [3.63, 3.8) is 0 Å². The first-order valence-electron chi connectivity index (χ1n) is 6.28. The molecule has 0 fully saturated rings. The molecule has 1 aromatic rings. The molecule has 0 saturated heterocycles. The molecular weight excluding hydrogens is 312 g/mol. The lowest BCUT2D eigenvalue weighted by molar-refractivity contribution is 0.0643. The molecule has 0 radical (unpaired) electrons. The minimum atomic E-state index is -0.0278. The Morgan fingerprint density at radius 2 is 1.95 bits per heavy atom. The maximum atomic E-state index is 9.33. The molecule has 0 bridgehead atoms. The molecule has 19 heavy (non-hydrogen) atoms. The van der Waals surface area contributed by atoms with Crippen molar-refractivity contribution in [3.05, 3.63) is 27.7 Å². The van der Waals surface area contributed by atoms with E-state index in [-0.39, 0.29) is 6.61 Å². The summed E-state index contributed by atoms with van der Waals surface area (Å²) in [5.41, 5.74) is 1.81. The summed E-state index contributed by atoms with van der Waals surface area (Å²) in [6.07, 6.45) is 0.810. The van der Waals surface area contributed by atoms with Crippen molar-refractivity contribution < 1.29 is 19.3 Å². The highest BCUT2D eigenvalue weighted by molar-refractivity contribution is 9.10. The normalized spacial score (nSPS) is 10.7. The SMILES string of the molecule is COCCOCCCOc1c(C)cc(Br)cc1CO. The summed E-state index contributed by atoms with van der Waals surface area (Å²) >= 11 is 3.41. The van der Waals surface area contributed by atoms with Crippen LogP contribution in [0, 0.1) is 6.92 Å². The number of methoxy groups -OCH3 is 1. The number of halogens is 1. The van der Waals surface area contributed by atoms with E-state index >= 15 is 0 Å². The lowest BCUT2D eigenvalue weighted by Crippen LogP contribution is -2.08. The molecule has 0 atom stereocenters. The second-order valence-corrected chi connectivity index (χ2v) is 5.09. The maximum absolute atomic E-state index is 9.33. The van der Waals surface area contributed by atoms with Crippen molar-refractivity contribution in [1.29, 1.82) is 0 Å². The molecule has 0 spiro atoms. The van der Waals surface area contributed by atoms with Crippen LogP contribution in [-0.4, -0.2) is 38.6 Å². The standard InChI is InChI=1S/C14H21BrO4/c1-11-8-13(15)9-12(10-16)14(11)19-5-3-4-18-7-6-17-2/h8-9,16H,3-7,10H2,1-2H3. The number of hydrogen-bond donors (Lipinski definition) is 1. The average molecular weight is 333 g/mol. The van der Waals surface area contributed by atoms with Gasteiger partial charge in [-0.05, 0) is 24.6 Å². The molecule has 0 aromatic heterocycles. The predicted octanol–water partition coefficient (Wildman–Crippen LogP) is 2.68. The third-order valence-corrected chi connectivity index (χ3v) is 3.06. The summed E-state index contributed by atoms with van der Waals surface area (Å²) in [6.45, 7) is 4.38. The fourth-order valence-electron chi connectivity index (χ4n) is 1.70. The van der Waals surface area contributed by atoms with Crippen LogP contribution in [0.25, 0.3) is 0 Å². The van der Waals surface area contributed by atoms with Gasteiger partial charge in [0.15, 0.2) is 0 Å². The quantitative estimate of drug-likeness (QED) is 0.706. The van der Waals surface area contributed by atoms with E-state index in [0.29, 0.717) is 26.4 Å². The number of aliphatic hydroxyl groups is 1. The van der Waals surface area contributed by atoms with E-state index in [0.717, 1.165) is 27.8 Å². The lowest BCUT2D eigenvalue weighted by Gasteiger charge is -2.13. The molecule has 0 amide bonds. The Balaban J connectivity index is 2.36. The van der Waals surface area contributed by atoms with Crippen molar-refractivity contribution >= 4 is 15.9 Å². The zero-order chi connectivity index (χ0) is 14.1. The van der Waals surface area contributed by atoms with Gasteiger partial charge in [-0.15, -0.1) is 0 Å². The van der Waals surface area contributed by atoms with E-state index in [4.69, 9.17) is 14.2 Å². The van der Waals surface area contributed by atoms with Crippen LogP contribution in [0.2, 0.25) is 0 Å². The van der Waals surface area contributed by atoms with Gasteiger partial charge in [0.05, 0.1) is 26.4 Å². The van der Waals surface area contributed by atoms with Gasteiger partial charge >= 0.3 is 0 Å². The summed E-state index contributed by atoms with van der Waals surface area (Å²) in [7, 11) is 1.65. The van der Waals surface area contributed by atoms with Crippen LogP contribution in [0.4, 0.5) is 0 Å². The summed E-state index contributed by atoms with van der Waals surface area (Å²) < 4.78 is 16.9. The molecule has 4 nitrogen and oxygen atoms in total. The minimum absolute atomic E-state index is 0.0278. The first-order chi connectivity index (χ1) is 9.19. The van der Waals surface area contributed by atoms with Crippen LogP contribution in [-0.2, 0) is 16.1 Å². The Bertz CT molecular complexity index is 382. The van der Waals surface area contributed by atoms with E-state index in [1.54, 1.807) is 7.11 Å². The molecule has 1 aromatic carbocycles. The molecule has 0 aliphatic carbocycles. The van der Waals surface area contributed by atoms with Gasteiger partial charge in [0.25, 0.3) is 0 Å². The first kappa shape index (κ1) is 16.4. The zero-order valence-corrected chi connectivity index (χ0v) is 13.0. The topological polar surface area (TPSA) is 47.9 Å². The second-order valence-electron chi connectivity index (χ2n) is 4.18. The van der Waals surface area contributed by atoms with Gasteiger partial charge in [-0.2, -0.15) is 0 Å². The Morgan fingerprint density at radius 1 is 1.16 bits per heavy atom. The van der Waals surface area contributed by atoms with Crippen LogP contribution >= 0.6 is 15.9 Å². The zero-order valence-electron chi connectivity index (χ0n) is 11.4. The highest BCUT2D eigenvalue weighted by atomic mass is 79.9. The van der Waals surface area contributed by atoms with Crippen molar-refractivity contribution in [1.82, 2.24) is 0 Å². The summed E-state index contributed by atoms with van der Waals surface area (Å²) in [4.78, 5) is 0. The largest absolute Gasteiger partial charge is 0.493 e. The van der Waals surface area contributed by atoms with Crippen molar-refractivity contribution in [2.75, 3.05) is 33.5 Å². The lowest BCUT2D eigenvalue weighted by atomic mass is 10.1. The number of rotatable bonds is 9. The summed E-state index contributed by atoms with van der Waals surface area (Å²) in [5, 5.41) is 9.33. The van der Waals surface area contributed by atoms with Crippen LogP contribution in [0.1, 0.15) is 17.5 Å². The van der Waals surface area contributed by atoms with Gasteiger partial charge in [0.2, 0.25) is 0 Å². The van der Waals surface area contributed by atoms with E-state index < -0.39 is 0 Å². The number of aryl methyl sites for hydroxylation is 1. The molecule has 0 aliphatic rings. The van der Waals surface area contributed by atoms with Crippen LogP contribution in [0.15, 0.2) is 16.6 Å². The molecule has 0 heterocycles. The third kappa shape index (κ3) is 5.91. The number of ether oxygens (including phenoxy) is 3. The van der Waals surface area contributed by atoms with Gasteiger partial charge in [-0.1, -0.05) is 15.9 Å². The molecule has 108 valence electrons. The number of benzene rings is 1. The maximum Gasteiger partial charge on any atom is 0.127 e. The van der Waals surface area contributed by atoms with Crippen LogP contribution in [0.5, 0.6) is 5.75 Å². The highest BCUT2D eigenvalue weighted by Crippen LogP contribution is 2.28. The van der Waals surface area contributed by atoms with E-state index in [1.807, 2.05) is 19.1 Å². The Morgan fingerprint density at radius 3 is 2.63 bits per heavy atom. The molecule has 1 rings (SSSR count). The van der Waals surface area contributed by atoms with Crippen molar-refractivity contribution in [2.24, 2.45) is 0 Å². The van der Waals surface area contributed by atoms with Gasteiger partial charge in [0.1, 0.15) is 5.75 Å². The monoisotopic (exact) mass is 332 g/mol. The molecule has 0 saturated carbocycles. The third-order valence-electron chi connectivity index (χ3n) is 2.60. The smallest absolute Gasteiger partial charge is 0.127 e. The molecule has 0 aliphatic heterocycles. The average Bonchev–Trinajstić information content (AvgIpc) is 2.39. The van der Waals surface area contributed by atoms with Gasteiger partial charge < -0.3 is 19.3 Å². The fourth-order valence-corrected chi connectivity index (χ4v) is 2.32. The van der Waals surface area contributed by atoms with E-state index in [2.05, 4.69) is 15.9 Å². The molecule has 0 unspecified atom stereocenters. The molecule has 1 N–H and O–H groups in total. The Hall–Kier alpha value is -0.620. The van der Waals surface area contributed by atoms with Gasteiger partial charge in [0, 0.05) is 30.2 Å². The van der Waals surface area contributed by atoms with Crippen molar-refractivity contribution in [3.8, 4) is 5.75 Å². The van der Waals surface area contributed by atoms with Gasteiger partial charge in [-0.25, -0.2) is 0 Å². The number of hydrogen-bond acceptors (Lipinski definition) is 4. The first-order valence-corrected chi connectivity index (χ1v) is 7.07. The summed E-state index contributed by atoms with van der Waals surface area (Å²) in [6, 6.07) is 3.85. The van der Waals surface area contributed by atoms with Crippen LogP contribution < -0.4 is 4.74 Å². The molecular formula is C14H21BrO4. The van der Waals surface area contributed by atoms with E-state index in [1.165, 1.54) is 0 Å². The number of aliphatic hydroxyl groups excluding tert-OH is 1. The molecule has 5 heteroatoms. The summed E-state index contributed by atoms with van der Waals surface area (Å²) in [5.74, 6) is 0.766. The Labute approximate surface area is 122 Å². The van der Waals surface area contributed by atoms with E-state index in [9.17, 15) is 5.11 Å². The van der Waals surface area contributed by atoms with Crippen LogP contribution in [0.3, 0.4) is 0 Å². The van der Waals surface area contributed by atoms with Crippen molar-refractivity contribution in [2.45, 2.75) is 20.0 Å².